The molecule has 4 N–H and O–H groups in total. The molecule has 32 heavy (non-hydrogen) atoms. The Morgan fingerprint density at radius 1 is 1.25 bits per heavy atom. The van der Waals surface area contributed by atoms with Crippen molar-refractivity contribution in [3.63, 3.8) is 0 Å². The van der Waals surface area contributed by atoms with Gasteiger partial charge in [0.05, 0.1) is 23.6 Å². The Morgan fingerprint density at radius 3 is 2.31 bits per heavy atom. The maximum Gasteiger partial charge on any atom is 0.419 e. The van der Waals surface area contributed by atoms with Gasteiger partial charge in [-0.25, -0.2) is 9.18 Å². The largest absolute Gasteiger partial charge is 0.419 e. The van der Waals surface area contributed by atoms with Gasteiger partial charge in [0, 0.05) is 12.7 Å². The molecule has 1 aromatic carbocycles. The Labute approximate surface area is 177 Å². The summed E-state index contributed by atoms with van der Waals surface area (Å²) < 4.78 is 90.8. The van der Waals surface area contributed by atoms with E-state index in [2.05, 4.69) is 15.6 Å². The summed E-state index contributed by atoms with van der Waals surface area (Å²) in [5.41, 5.74) is 2.25. The van der Waals surface area contributed by atoms with Gasteiger partial charge < -0.3 is 11.1 Å². The average molecular weight is 468 g/mol. The van der Waals surface area contributed by atoms with Gasteiger partial charge in [0.2, 0.25) is 0 Å². The van der Waals surface area contributed by atoms with Gasteiger partial charge in [-0.3, -0.25) is 15.1 Å². The van der Waals surface area contributed by atoms with Crippen LogP contribution in [0.5, 0.6) is 0 Å². The number of hydrogen-bond donors (Lipinski definition) is 3. The second-order valence-electron chi connectivity index (χ2n) is 7.05. The van der Waals surface area contributed by atoms with Crippen molar-refractivity contribution in [3.05, 3.63) is 46.4 Å². The van der Waals surface area contributed by atoms with Crippen molar-refractivity contribution < 1.29 is 40.3 Å². The Hall–Kier alpha value is -3.12. The van der Waals surface area contributed by atoms with E-state index in [0.717, 1.165) is 6.07 Å². The number of nitrogens with two attached hydrogens (primary N) is 1. The first kappa shape index (κ1) is 25.1. The number of aldehydes is 1. The third-order valence-corrected chi connectivity index (χ3v) is 4.55. The molecule has 13 heteroatoms. The van der Waals surface area contributed by atoms with Crippen molar-refractivity contribution >= 4 is 18.2 Å². The van der Waals surface area contributed by atoms with E-state index in [1.807, 2.05) is 0 Å². The highest BCUT2D eigenvalue weighted by Crippen LogP contribution is 2.44. The van der Waals surface area contributed by atoms with Crippen LogP contribution in [0, 0.1) is 11.7 Å². The molecule has 2 rings (SSSR count). The molecule has 1 aliphatic rings. The molecule has 0 aliphatic heterocycles. The third-order valence-electron chi connectivity index (χ3n) is 4.55. The van der Waals surface area contributed by atoms with E-state index < -0.39 is 59.3 Å². The lowest BCUT2D eigenvalue weighted by Crippen LogP contribution is -2.40. The minimum atomic E-state index is -4.92. The Bertz CT molecular complexity index is 935. The van der Waals surface area contributed by atoms with E-state index in [-0.39, 0.29) is 17.8 Å². The lowest BCUT2D eigenvalue weighted by molar-refractivity contribution is -0.140. The molecular weight excluding hydrogens is 449 g/mol. The van der Waals surface area contributed by atoms with Gasteiger partial charge in [0.15, 0.2) is 6.29 Å². The van der Waals surface area contributed by atoms with Crippen LogP contribution in [0.4, 0.5) is 35.5 Å². The van der Waals surface area contributed by atoms with Gasteiger partial charge in [0.25, 0.3) is 0 Å². The minimum Gasteiger partial charge on any atom is -0.401 e. The SMILES string of the molecule is CNC(=O)NC(=NC(c1ccc(C(F)(F)F)c(F)c1)C1CC1)C(C=O)=C(N)CC(F)(F)F. The molecule has 176 valence electrons. The van der Waals surface area contributed by atoms with Crippen LogP contribution < -0.4 is 16.4 Å². The standard InChI is InChI=1S/C19H19F7N4O2/c1-28-17(32)30-16(11(8-31)14(27)7-18(21,22)23)29-15(9-2-3-9)10-4-5-12(13(20)6-10)19(24,25)26/h4-6,8-9,15H,2-3,7,27H2,1H3,(H2,28,29,30,32). The Morgan fingerprint density at radius 2 is 1.88 bits per heavy atom. The first-order chi connectivity index (χ1) is 14.8. The minimum absolute atomic E-state index is 0.00570. The number of urea groups is 1. The zero-order valence-corrected chi connectivity index (χ0v) is 16.6. The highest BCUT2D eigenvalue weighted by Gasteiger charge is 2.37. The fraction of sp³-hybridized carbons (Fsp3) is 0.421. The van der Waals surface area contributed by atoms with Crippen molar-refractivity contribution in [2.24, 2.45) is 16.6 Å². The molecule has 1 unspecified atom stereocenters. The van der Waals surface area contributed by atoms with Crippen LogP contribution in [0.2, 0.25) is 0 Å². The smallest absolute Gasteiger partial charge is 0.401 e. The summed E-state index contributed by atoms with van der Waals surface area (Å²) in [4.78, 5) is 27.4. The number of nitrogens with one attached hydrogen (secondary N) is 2. The predicted octanol–water partition coefficient (Wildman–Crippen LogP) is 3.99. The van der Waals surface area contributed by atoms with Gasteiger partial charge in [-0.15, -0.1) is 0 Å². The second kappa shape index (κ2) is 9.57. The molecule has 1 fully saturated rings. The number of carbonyl (C=O) groups is 2. The number of alkyl halides is 6. The Kier molecular flexibility index (Phi) is 7.52. The number of amidine groups is 1. The van der Waals surface area contributed by atoms with Crippen LogP contribution in [0.15, 0.2) is 34.5 Å². The molecule has 0 spiro atoms. The number of carbonyl (C=O) groups excluding carboxylic acids is 2. The number of hydrogen-bond acceptors (Lipinski definition) is 4. The first-order valence-electron chi connectivity index (χ1n) is 9.21. The van der Waals surface area contributed by atoms with E-state index in [9.17, 15) is 40.3 Å². The normalized spacial score (nSPS) is 16.8. The first-order valence-corrected chi connectivity index (χ1v) is 9.21. The molecule has 0 bridgehead atoms. The van der Waals surface area contributed by atoms with Crippen LogP contribution in [0.1, 0.15) is 36.4 Å². The number of allylic oxidation sites excluding steroid dienone is 1. The zero-order chi connectivity index (χ0) is 24.3. The lowest BCUT2D eigenvalue weighted by atomic mass is 10.00. The third kappa shape index (κ3) is 6.69. The molecule has 0 aromatic heterocycles. The summed E-state index contributed by atoms with van der Waals surface area (Å²) in [6.45, 7) is 0. The Balaban J connectivity index is 2.57. The number of halogens is 7. The van der Waals surface area contributed by atoms with Crippen LogP contribution in [-0.4, -0.2) is 31.4 Å². The zero-order valence-electron chi connectivity index (χ0n) is 16.6. The highest BCUT2D eigenvalue weighted by atomic mass is 19.4. The number of amides is 2. The summed E-state index contributed by atoms with van der Waals surface area (Å²) >= 11 is 0. The van der Waals surface area contributed by atoms with Gasteiger partial charge in [-0.05, 0) is 36.5 Å². The maximum atomic E-state index is 14.1. The number of aliphatic imine (C=N–C) groups is 1. The monoisotopic (exact) mass is 468 g/mol. The molecule has 2 amide bonds. The van der Waals surface area contributed by atoms with Crippen molar-refractivity contribution in [1.29, 1.82) is 0 Å². The number of benzene rings is 1. The number of rotatable bonds is 6. The fourth-order valence-electron chi connectivity index (χ4n) is 2.88. The molecule has 1 aromatic rings. The molecule has 6 nitrogen and oxygen atoms in total. The second-order valence-corrected chi connectivity index (χ2v) is 7.05. The molecule has 0 radical (unpaired) electrons. The van der Waals surface area contributed by atoms with E-state index >= 15 is 0 Å². The average Bonchev–Trinajstić information content (AvgIpc) is 3.48. The predicted molar refractivity (Wildman–Crippen MR) is 99.8 cm³/mol. The van der Waals surface area contributed by atoms with Gasteiger partial charge >= 0.3 is 18.4 Å². The molecule has 1 atom stereocenters. The van der Waals surface area contributed by atoms with E-state index in [1.165, 1.54) is 7.05 Å². The van der Waals surface area contributed by atoms with Gasteiger partial charge in [-0.1, -0.05) is 6.07 Å². The quantitative estimate of drug-likeness (QED) is 0.194. The van der Waals surface area contributed by atoms with Crippen molar-refractivity contribution in [2.75, 3.05) is 7.05 Å². The molecule has 0 saturated heterocycles. The maximum absolute atomic E-state index is 14.1. The van der Waals surface area contributed by atoms with Crippen LogP contribution in [-0.2, 0) is 11.0 Å². The van der Waals surface area contributed by atoms with Gasteiger partial charge in [0.1, 0.15) is 11.7 Å². The highest BCUT2D eigenvalue weighted by molar-refractivity contribution is 6.18. The van der Waals surface area contributed by atoms with Gasteiger partial charge in [-0.2, -0.15) is 26.3 Å². The topological polar surface area (TPSA) is 96.6 Å². The molecule has 1 aliphatic carbocycles. The summed E-state index contributed by atoms with van der Waals surface area (Å²) in [5, 5.41) is 4.24. The van der Waals surface area contributed by atoms with Crippen LogP contribution in [0.3, 0.4) is 0 Å². The molecule has 1 saturated carbocycles. The summed E-state index contributed by atoms with van der Waals surface area (Å²) in [6, 6.07) is 0.161. The fourth-order valence-corrected chi connectivity index (χ4v) is 2.88. The summed E-state index contributed by atoms with van der Waals surface area (Å²) in [5.74, 6) is -2.46. The lowest BCUT2D eigenvalue weighted by Gasteiger charge is -2.18. The molecule has 0 heterocycles. The van der Waals surface area contributed by atoms with E-state index in [4.69, 9.17) is 5.73 Å². The molecular formula is C19H19F7N4O2. The summed E-state index contributed by atoms with van der Waals surface area (Å²) in [6.07, 6.45) is -10.3. The van der Waals surface area contributed by atoms with E-state index in [1.54, 1.807) is 0 Å². The van der Waals surface area contributed by atoms with Crippen molar-refractivity contribution in [1.82, 2.24) is 10.6 Å². The van der Waals surface area contributed by atoms with Crippen LogP contribution in [0.25, 0.3) is 0 Å². The van der Waals surface area contributed by atoms with Crippen molar-refractivity contribution in [2.45, 2.75) is 37.7 Å². The number of nitrogens with zero attached hydrogens (tertiary/aromatic N) is 1. The van der Waals surface area contributed by atoms with E-state index in [0.29, 0.717) is 25.0 Å². The van der Waals surface area contributed by atoms with Crippen molar-refractivity contribution in [3.8, 4) is 0 Å². The summed E-state index contributed by atoms with van der Waals surface area (Å²) in [7, 11) is 1.19. The van der Waals surface area contributed by atoms with Crippen LogP contribution >= 0.6 is 0 Å².